The number of nitrogens with zero attached hydrogens (tertiary/aromatic N) is 3. The molecule has 1 N–H and O–H groups in total. The van der Waals surface area contributed by atoms with Crippen molar-refractivity contribution >= 4 is 49.1 Å². The number of aromatic nitrogens is 1. The van der Waals surface area contributed by atoms with E-state index in [9.17, 15) is 18.0 Å². The molecule has 2 heterocycles. The first kappa shape index (κ1) is 25.6. The van der Waals surface area contributed by atoms with E-state index >= 15 is 0 Å². The molecule has 10 heteroatoms. The molecule has 5 rings (SSSR count). The van der Waals surface area contributed by atoms with Crippen molar-refractivity contribution in [3.63, 3.8) is 0 Å². The molecule has 0 unspecified atom stereocenters. The number of sulfonamides is 1. The van der Waals surface area contributed by atoms with Gasteiger partial charge in [0.1, 0.15) is 0 Å². The Hall–Kier alpha value is -4.04. The number of carbonyl (C=O) groups is 2. The van der Waals surface area contributed by atoms with Gasteiger partial charge in [0.15, 0.2) is 4.80 Å². The van der Waals surface area contributed by atoms with Gasteiger partial charge >= 0.3 is 0 Å². The molecule has 0 radical (unpaired) electrons. The first-order chi connectivity index (χ1) is 18.3. The van der Waals surface area contributed by atoms with Gasteiger partial charge in [-0.2, -0.15) is 9.30 Å². The van der Waals surface area contributed by atoms with Crippen molar-refractivity contribution in [3.8, 4) is 12.3 Å². The summed E-state index contributed by atoms with van der Waals surface area (Å²) in [6.07, 6.45) is 6.21. The highest BCUT2D eigenvalue weighted by molar-refractivity contribution is 7.89. The van der Waals surface area contributed by atoms with Crippen LogP contribution in [-0.2, 0) is 34.3 Å². The summed E-state index contributed by atoms with van der Waals surface area (Å²) in [7, 11) is -3.71. The van der Waals surface area contributed by atoms with Gasteiger partial charge in [-0.1, -0.05) is 41.5 Å². The highest BCUT2D eigenvalue weighted by Crippen LogP contribution is 2.25. The standard InChI is InChI=1S/C28H24N4O4S2/c1-3-15-32-25-13-10-23(29-19(2)33)17-26(25)37-28(32)30-27(34)21-8-11-24(12-9-21)38(35,36)31-16-14-20-6-4-5-7-22(20)18-31/h1,4-13,17H,14-16,18H2,2H3,(H,29,33). The van der Waals surface area contributed by atoms with E-state index in [0.717, 1.165) is 21.3 Å². The molecule has 192 valence electrons. The van der Waals surface area contributed by atoms with Crippen LogP contribution in [0.2, 0.25) is 0 Å². The van der Waals surface area contributed by atoms with E-state index in [-0.39, 0.29) is 22.9 Å². The lowest BCUT2D eigenvalue weighted by Gasteiger charge is -2.28. The summed E-state index contributed by atoms with van der Waals surface area (Å²) >= 11 is 1.27. The van der Waals surface area contributed by atoms with Gasteiger partial charge in [-0.3, -0.25) is 9.59 Å². The Morgan fingerprint density at radius 1 is 1.08 bits per heavy atom. The molecule has 0 spiro atoms. The van der Waals surface area contributed by atoms with E-state index in [1.807, 2.05) is 30.3 Å². The summed E-state index contributed by atoms with van der Waals surface area (Å²) in [6, 6.07) is 19.1. The van der Waals surface area contributed by atoms with Gasteiger partial charge in [0, 0.05) is 31.3 Å². The third-order valence-corrected chi connectivity index (χ3v) is 9.18. The Labute approximate surface area is 224 Å². The molecule has 1 aliphatic heterocycles. The lowest BCUT2D eigenvalue weighted by Crippen LogP contribution is -2.35. The van der Waals surface area contributed by atoms with E-state index in [4.69, 9.17) is 6.42 Å². The zero-order chi connectivity index (χ0) is 26.9. The van der Waals surface area contributed by atoms with Gasteiger partial charge in [-0.15, -0.1) is 6.42 Å². The van der Waals surface area contributed by atoms with E-state index in [0.29, 0.717) is 30.0 Å². The fraction of sp³-hybridized carbons (Fsp3) is 0.179. The van der Waals surface area contributed by atoms with Crippen LogP contribution >= 0.6 is 11.3 Å². The first-order valence-corrected chi connectivity index (χ1v) is 14.1. The average Bonchev–Trinajstić information content (AvgIpc) is 3.24. The summed E-state index contributed by atoms with van der Waals surface area (Å²) < 4.78 is 30.5. The van der Waals surface area contributed by atoms with Crippen molar-refractivity contribution in [1.29, 1.82) is 0 Å². The molecule has 0 saturated carbocycles. The number of nitrogens with one attached hydrogen (secondary N) is 1. The molecule has 0 atom stereocenters. The summed E-state index contributed by atoms with van der Waals surface area (Å²) in [5.74, 6) is 1.88. The minimum Gasteiger partial charge on any atom is -0.326 e. The number of terminal acetylenes is 1. The number of hydrogen-bond acceptors (Lipinski definition) is 5. The second-order valence-electron chi connectivity index (χ2n) is 8.84. The van der Waals surface area contributed by atoms with Gasteiger partial charge in [0.2, 0.25) is 15.9 Å². The van der Waals surface area contributed by atoms with Crippen LogP contribution < -0.4 is 10.1 Å². The maximum Gasteiger partial charge on any atom is 0.279 e. The Kier molecular flexibility index (Phi) is 6.99. The van der Waals surface area contributed by atoms with Gasteiger partial charge < -0.3 is 9.88 Å². The number of hydrogen-bond donors (Lipinski definition) is 1. The predicted octanol–water partition coefficient (Wildman–Crippen LogP) is 3.78. The fourth-order valence-corrected chi connectivity index (χ4v) is 6.91. The molecule has 3 aromatic carbocycles. The monoisotopic (exact) mass is 544 g/mol. The molecular formula is C28H24N4O4S2. The third-order valence-electron chi connectivity index (χ3n) is 6.28. The van der Waals surface area contributed by atoms with Crippen molar-refractivity contribution in [2.24, 2.45) is 4.99 Å². The van der Waals surface area contributed by atoms with E-state index in [1.165, 1.54) is 46.8 Å². The van der Waals surface area contributed by atoms with Crippen molar-refractivity contribution in [2.45, 2.75) is 31.3 Å². The van der Waals surface area contributed by atoms with Crippen LogP contribution in [0.4, 0.5) is 5.69 Å². The largest absolute Gasteiger partial charge is 0.326 e. The van der Waals surface area contributed by atoms with Crippen molar-refractivity contribution in [2.75, 3.05) is 11.9 Å². The number of fused-ring (bicyclic) bond motifs is 2. The number of anilines is 1. The number of thiazole rings is 1. The van der Waals surface area contributed by atoms with E-state index in [2.05, 4.69) is 16.2 Å². The zero-order valence-corrected chi connectivity index (χ0v) is 22.2. The molecule has 0 bridgehead atoms. The molecule has 8 nitrogen and oxygen atoms in total. The van der Waals surface area contributed by atoms with Gasteiger partial charge in [-0.05, 0) is 60.0 Å². The van der Waals surface area contributed by atoms with Crippen LogP contribution in [0.5, 0.6) is 0 Å². The van der Waals surface area contributed by atoms with Crippen LogP contribution in [0.1, 0.15) is 28.4 Å². The quantitative estimate of drug-likeness (QED) is 0.387. The predicted molar refractivity (Wildman–Crippen MR) is 147 cm³/mol. The minimum atomic E-state index is -3.71. The maximum absolute atomic E-state index is 13.3. The van der Waals surface area contributed by atoms with Gasteiger partial charge in [0.25, 0.3) is 5.91 Å². The van der Waals surface area contributed by atoms with Crippen LogP contribution in [0, 0.1) is 12.3 Å². The normalized spacial score (nSPS) is 14.2. The molecular weight excluding hydrogens is 520 g/mol. The SMILES string of the molecule is C#CCn1c(=NC(=O)c2ccc(S(=O)(=O)N3CCc4ccccc4C3)cc2)sc2cc(NC(C)=O)ccc21. The lowest BCUT2D eigenvalue weighted by atomic mass is 10.0. The first-order valence-electron chi connectivity index (χ1n) is 11.9. The number of rotatable bonds is 5. The molecule has 1 aromatic heterocycles. The van der Waals surface area contributed by atoms with Crippen LogP contribution in [-0.4, -0.2) is 35.6 Å². The van der Waals surface area contributed by atoms with Crippen LogP contribution in [0.15, 0.2) is 76.6 Å². The fourth-order valence-electron chi connectivity index (χ4n) is 4.43. The third kappa shape index (κ3) is 5.04. The summed E-state index contributed by atoms with van der Waals surface area (Å²) in [5.41, 5.74) is 3.84. The number of carbonyl (C=O) groups excluding carboxylic acids is 2. The summed E-state index contributed by atoms with van der Waals surface area (Å²) in [4.78, 5) is 29.2. The molecule has 4 aromatic rings. The molecule has 1 aliphatic rings. The highest BCUT2D eigenvalue weighted by atomic mass is 32.2. The van der Waals surface area contributed by atoms with Gasteiger partial charge in [-0.25, -0.2) is 8.42 Å². The number of benzene rings is 3. The minimum absolute atomic E-state index is 0.128. The van der Waals surface area contributed by atoms with E-state index < -0.39 is 15.9 Å². The van der Waals surface area contributed by atoms with Crippen molar-refractivity contribution in [3.05, 3.63) is 88.2 Å². The molecule has 2 amide bonds. The zero-order valence-electron chi connectivity index (χ0n) is 20.5. The van der Waals surface area contributed by atoms with Crippen molar-refractivity contribution < 1.29 is 18.0 Å². The molecule has 0 saturated heterocycles. The van der Waals surface area contributed by atoms with E-state index in [1.54, 1.807) is 16.7 Å². The number of amides is 2. The topological polar surface area (TPSA) is 101 Å². The highest BCUT2D eigenvalue weighted by Gasteiger charge is 2.28. The second-order valence-corrected chi connectivity index (χ2v) is 11.8. The summed E-state index contributed by atoms with van der Waals surface area (Å²) in [6.45, 7) is 2.36. The smallest absolute Gasteiger partial charge is 0.279 e. The Bertz CT molecular complexity index is 1780. The second kappa shape index (κ2) is 10.4. The molecule has 38 heavy (non-hydrogen) atoms. The van der Waals surface area contributed by atoms with Crippen LogP contribution in [0.25, 0.3) is 10.2 Å². The maximum atomic E-state index is 13.3. The summed E-state index contributed by atoms with van der Waals surface area (Å²) in [5, 5.41) is 2.74. The molecule has 0 aliphatic carbocycles. The Morgan fingerprint density at radius 3 is 2.53 bits per heavy atom. The van der Waals surface area contributed by atoms with Crippen molar-refractivity contribution in [1.82, 2.24) is 8.87 Å². The molecule has 0 fully saturated rings. The Morgan fingerprint density at radius 2 is 1.82 bits per heavy atom. The lowest BCUT2D eigenvalue weighted by molar-refractivity contribution is -0.114. The van der Waals surface area contributed by atoms with Crippen LogP contribution in [0.3, 0.4) is 0 Å². The average molecular weight is 545 g/mol. The Balaban J connectivity index is 1.42. The van der Waals surface area contributed by atoms with Gasteiger partial charge in [0.05, 0.1) is 21.7 Å².